The van der Waals surface area contributed by atoms with Gasteiger partial charge in [-0.05, 0) is 118 Å². The summed E-state index contributed by atoms with van der Waals surface area (Å²) in [5.74, 6) is 2.81. The van der Waals surface area contributed by atoms with Crippen molar-refractivity contribution in [3.63, 3.8) is 0 Å². The quantitative estimate of drug-likeness (QED) is 0.167. The molecule has 0 bridgehead atoms. The summed E-state index contributed by atoms with van der Waals surface area (Å²) in [5, 5.41) is 15.1. The van der Waals surface area contributed by atoms with Gasteiger partial charge in [-0.25, -0.2) is 0 Å². The summed E-state index contributed by atoms with van der Waals surface area (Å²) in [7, 11) is 0. The van der Waals surface area contributed by atoms with Crippen LogP contribution in [0.1, 0.15) is 5.56 Å². The van der Waals surface area contributed by atoms with Gasteiger partial charge in [-0.3, -0.25) is 0 Å². The Balaban J connectivity index is 0.924. The molecule has 0 fully saturated rings. The molecule has 13 rings (SSSR count). The highest BCUT2D eigenvalue weighted by molar-refractivity contribution is 6.98. The van der Waals surface area contributed by atoms with Gasteiger partial charge < -0.3 is 18.6 Å². The molecule has 0 N–H and O–H groups in total. The molecule has 0 atom stereocenters. The molecule has 61 heavy (non-hydrogen) atoms. The molecule has 5 nitrogen and oxygen atoms in total. The molecule has 11 aromatic rings. The second-order valence-corrected chi connectivity index (χ2v) is 15.9. The van der Waals surface area contributed by atoms with Gasteiger partial charge in [0, 0.05) is 38.4 Å². The van der Waals surface area contributed by atoms with Crippen molar-refractivity contribution < 1.29 is 9.47 Å². The predicted molar refractivity (Wildman–Crippen MR) is 248 cm³/mol. The summed E-state index contributed by atoms with van der Waals surface area (Å²) in [6.45, 7) is -0.174. The minimum Gasteiger partial charge on any atom is -0.458 e. The first-order valence-electron chi connectivity index (χ1n) is 20.6. The molecule has 282 valence electrons. The molecule has 9 aromatic carbocycles. The van der Waals surface area contributed by atoms with E-state index in [1.165, 1.54) is 32.6 Å². The van der Waals surface area contributed by atoms with Crippen molar-refractivity contribution in [2.75, 3.05) is 0 Å². The van der Waals surface area contributed by atoms with Gasteiger partial charge in [0.15, 0.2) is 0 Å². The Kier molecular flexibility index (Phi) is 7.10. The average Bonchev–Trinajstić information content (AvgIpc) is 3.84. The van der Waals surface area contributed by atoms with Crippen LogP contribution in [0.4, 0.5) is 0 Å². The van der Waals surface area contributed by atoms with Crippen molar-refractivity contribution in [3.8, 4) is 62.7 Å². The molecule has 0 saturated heterocycles. The standard InChI is InChI=1S/C55H32BN3O2/c57-33-38-23-28-51-54-55(38)61-53-32-37(35-22-27-50-44(30-35)42-16-8-10-18-48(42)59(50)40-13-5-2-6-14-40)20-25-46(53)56(54)45-24-19-36(31-52(45)60-51)34-21-26-49-43(29-34)41-15-7-9-17-47(41)58(49)39-11-3-1-4-12-39/h1-32H. The molecule has 0 saturated carbocycles. The van der Waals surface area contributed by atoms with Crippen LogP contribution in [0, 0.1) is 11.3 Å². The number of nitriles is 1. The molecule has 2 aliphatic rings. The third-order valence-electron chi connectivity index (χ3n) is 12.7. The maximum atomic E-state index is 10.3. The fourth-order valence-corrected chi connectivity index (χ4v) is 9.95. The third kappa shape index (κ3) is 4.95. The van der Waals surface area contributed by atoms with E-state index in [1.807, 2.05) is 12.1 Å². The molecular formula is C55H32BN3O2. The van der Waals surface area contributed by atoms with Crippen LogP contribution >= 0.6 is 0 Å². The zero-order valence-corrected chi connectivity index (χ0v) is 32.7. The van der Waals surface area contributed by atoms with Crippen molar-refractivity contribution in [1.82, 2.24) is 9.13 Å². The minimum atomic E-state index is -0.174. The van der Waals surface area contributed by atoms with Gasteiger partial charge in [-0.1, -0.05) is 109 Å². The topological polar surface area (TPSA) is 52.1 Å². The molecule has 0 radical (unpaired) electrons. The van der Waals surface area contributed by atoms with Crippen LogP contribution < -0.4 is 25.9 Å². The molecule has 2 aliphatic heterocycles. The zero-order valence-electron chi connectivity index (χ0n) is 32.7. The number of fused-ring (bicyclic) bond motifs is 10. The Hall–Kier alpha value is -8.27. The van der Waals surface area contributed by atoms with E-state index in [-0.39, 0.29) is 6.71 Å². The molecular weight excluding hydrogens is 745 g/mol. The second-order valence-electron chi connectivity index (χ2n) is 15.9. The van der Waals surface area contributed by atoms with E-state index in [1.54, 1.807) is 0 Å². The van der Waals surface area contributed by atoms with E-state index in [9.17, 15) is 5.26 Å². The number of benzene rings is 9. The lowest BCUT2D eigenvalue weighted by atomic mass is 9.34. The van der Waals surface area contributed by atoms with Gasteiger partial charge in [0.2, 0.25) is 0 Å². The predicted octanol–water partition coefficient (Wildman–Crippen LogP) is 11.8. The highest BCUT2D eigenvalue weighted by Gasteiger charge is 2.41. The van der Waals surface area contributed by atoms with E-state index < -0.39 is 0 Å². The number of hydrogen-bond acceptors (Lipinski definition) is 3. The summed E-state index contributed by atoms with van der Waals surface area (Å²) in [6.07, 6.45) is 0. The van der Waals surface area contributed by atoms with Crippen molar-refractivity contribution in [2.45, 2.75) is 0 Å². The van der Waals surface area contributed by atoms with Gasteiger partial charge in [-0.15, -0.1) is 0 Å². The molecule has 0 amide bonds. The van der Waals surface area contributed by atoms with Crippen LogP contribution in [-0.2, 0) is 0 Å². The third-order valence-corrected chi connectivity index (χ3v) is 12.7. The fourth-order valence-electron chi connectivity index (χ4n) is 9.95. The SMILES string of the molecule is N#Cc1ccc2c3c1Oc1cc(-c4ccc5c(c4)c4ccccc4n5-c4ccccc4)ccc1B3c1ccc(-c3ccc4c(c3)c3ccccc3n4-c3ccccc3)cc1O2. The number of ether oxygens (including phenoxy) is 2. The lowest BCUT2D eigenvalue weighted by Crippen LogP contribution is -2.57. The summed E-state index contributed by atoms with van der Waals surface area (Å²) >= 11 is 0. The molecule has 0 spiro atoms. The van der Waals surface area contributed by atoms with Gasteiger partial charge in [0.05, 0.1) is 27.6 Å². The minimum absolute atomic E-state index is 0.174. The normalized spacial score (nSPS) is 12.5. The largest absolute Gasteiger partial charge is 0.458 e. The van der Waals surface area contributed by atoms with E-state index in [0.29, 0.717) is 17.1 Å². The monoisotopic (exact) mass is 777 g/mol. The van der Waals surface area contributed by atoms with Crippen molar-refractivity contribution in [2.24, 2.45) is 0 Å². The van der Waals surface area contributed by atoms with Gasteiger partial charge in [0.25, 0.3) is 6.71 Å². The van der Waals surface area contributed by atoms with Gasteiger partial charge in [0.1, 0.15) is 29.1 Å². The van der Waals surface area contributed by atoms with E-state index in [4.69, 9.17) is 9.47 Å². The maximum absolute atomic E-state index is 10.3. The van der Waals surface area contributed by atoms with Gasteiger partial charge in [-0.2, -0.15) is 5.26 Å². The summed E-state index contributed by atoms with van der Waals surface area (Å²) in [6, 6.07) is 70.9. The summed E-state index contributed by atoms with van der Waals surface area (Å²) in [4.78, 5) is 0. The highest BCUT2D eigenvalue weighted by atomic mass is 16.5. The second kappa shape index (κ2) is 12.9. The smallest absolute Gasteiger partial charge is 0.260 e. The van der Waals surface area contributed by atoms with Gasteiger partial charge >= 0.3 is 0 Å². The van der Waals surface area contributed by atoms with Crippen LogP contribution in [0.15, 0.2) is 194 Å². The number of hydrogen-bond donors (Lipinski definition) is 0. The van der Waals surface area contributed by atoms with E-state index >= 15 is 0 Å². The first-order chi connectivity index (χ1) is 30.2. The first-order valence-corrected chi connectivity index (χ1v) is 20.6. The Bertz CT molecular complexity index is 3660. The Morgan fingerprint density at radius 3 is 1.39 bits per heavy atom. The zero-order chi connectivity index (χ0) is 40.2. The van der Waals surface area contributed by atoms with E-state index in [2.05, 4.69) is 197 Å². The van der Waals surface area contributed by atoms with Crippen LogP contribution in [0.5, 0.6) is 23.0 Å². The van der Waals surface area contributed by atoms with Crippen LogP contribution in [-0.4, -0.2) is 15.8 Å². The number of para-hydroxylation sites is 4. The number of nitrogens with zero attached hydrogens (tertiary/aromatic N) is 3. The molecule has 2 aromatic heterocycles. The van der Waals surface area contributed by atoms with Crippen molar-refractivity contribution >= 4 is 66.7 Å². The lowest BCUT2D eigenvalue weighted by Gasteiger charge is -2.33. The average molecular weight is 778 g/mol. The van der Waals surface area contributed by atoms with E-state index in [0.717, 1.165) is 72.5 Å². The maximum Gasteiger partial charge on any atom is 0.260 e. The molecule has 6 heteroatoms. The van der Waals surface area contributed by atoms with Crippen LogP contribution in [0.25, 0.3) is 77.2 Å². The van der Waals surface area contributed by atoms with Crippen LogP contribution in [0.2, 0.25) is 0 Å². The molecule has 4 heterocycles. The molecule has 0 aliphatic carbocycles. The number of aromatic nitrogens is 2. The first kappa shape index (κ1) is 33.7. The van der Waals surface area contributed by atoms with Crippen molar-refractivity contribution in [1.29, 1.82) is 5.26 Å². The lowest BCUT2D eigenvalue weighted by molar-refractivity contribution is 0.463. The summed E-state index contributed by atoms with van der Waals surface area (Å²) < 4.78 is 18.1. The Morgan fingerprint density at radius 2 is 0.852 bits per heavy atom. The Labute approximate surface area is 351 Å². The fraction of sp³-hybridized carbons (Fsp3) is 0. The molecule has 0 unspecified atom stereocenters. The Morgan fingerprint density at radius 1 is 0.393 bits per heavy atom. The number of rotatable bonds is 4. The highest BCUT2D eigenvalue weighted by Crippen LogP contribution is 2.41. The van der Waals surface area contributed by atoms with Crippen molar-refractivity contribution in [3.05, 3.63) is 200 Å². The summed E-state index contributed by atoms with van der Waals surface area (Å²) in [5.41, 5.74) is 14.7. The van der Waals surface area contributed by atoms with Crippen LogP contribution in [0.3, 0.4) is 0 Å².